The van der Waals surface area contributed by atoms with Gasteiger partial charge >= 0.3 is 6.18 Å². The van der Waals surface area contributed by atoms with E-state index in [1.165, 1.54) is 0 Å². The highest BCUT2D eigenvalue weighted by Gasteiger charge is 2.43. The van der Waals surface area contributed by atoms with Crippen molar-refractivity contribution in [3.05, 3.63) is 35.4 Å². The molecule has 1 aliphatic carbocycles. The first kappa shape index (κ1) is 17.8. The van der Waals surface area contributed by atoms with Gasteiger partial charge in [-0.15, -0.1) is 0 Å². The van der Waals surface area contributed by atoms with Crippen LogP contribution in [-0.2, 0) is 4.79 Å². The van der Waals surface area contributed by atoms with Gasteiger partial charge in [0.25, 0.3) is 0 Å². The van der Waals surface area contributed by atoms with Crippen LogP contribution in [0.5, 0.6) is 0 Å². The monoisotopic (exact) mass is 329 g/mol. The van der Waals surface area contributed by atoms with Gasteiger partial charge in [0, 0.05) is 12.5 Å². The summed E-state index contributed by atoms with van der Waals surface area (Å²) in [6, 6.07) is 7.27. The topological polar surface area (TPSA) is 49.3 Å². The number of aliphatic hydroxyl groups excluding tert-OH is 1. The van der Waals surface area contributed by atoms with Crippen molar-refractivity contribution in [1.29, 1.82) is 0 Å². The summed E-state index contributed by atoms with van der Waals surface area (Å²) in [5.74, 6) is -2.42. The number of hydrogen-bond acceptors (Lipinski definition) is 2. The molecule has 1 aromatic rings. The molecule has 1 aromatic carbocycles. The molecule has 0 radical (unpaired) electrons. The number of carbonyl (C=O) groups is 1. The van der Waals surface area contributed by atoms with Crippen molar-refractivity contribution in [1.82, 2.24) is 5.32 Å². The van der Waals surface area contributed by atoms with Crippen LogP contribution in [0.15, 0.2) is 24.3 Å². The van der Waals surface area contributed by atoms with E-state index in [1.54, 1.807) is 12.1 Å². The van der Waals surface area contributed by atoms with Crippen LogP contribution in [0.4, 0.5) is 13.2 Å². The molecule has 128 valence electrons. The van der Waals surface area contributed by atoms with E-state index in [2.05, 4.69) is 5.32 Å². The average Bonchev–Trinajstić information content (AvgIpc) is 2.52. The zero-order valence-corrected chi connectivity index (χ0v) is 13.1. The molecule has 3 unspecified atom stereocenters. The molecule has 1 saturated carbocycles. The van der Waals surface area contributed by atoms with Crippen molar-refractivity contribution in [2.75, 3.05) is 6.54 Å². The molecule has 3 atom stereocenters. The molecule has 0 aromatic heterocycles. The summed E-state index contributed by atoms with van der Waals surface area (Å²) in [6.45, 7) is 1.87. The lowest BCUT2D eigenvalue weighted by atomic mass is 9.80. The van der Waals surface area contributed by atoms with E-state index in [-0.39, 0.29) is 19.4 Å². The van der Waals surface area contributed by atoms with Crippen molar-refractivity contribution in [3.8, 4) is 0 Å². The predicted molar refractivity (Wildman–Crippen MR) is 80.7 cm³/mol. The summed E-state index contributed by atoms with van der Waals surface area (Å²) < 4.78 is 38.4. The fourth-order valence-corrected chi connectivity index (χ4v) is 3.14. The summed E-state index contributed by atoms with van der Waals surface area (Å²) in [5, 5.41) is 12.7. The summed E-state index contributed by atoms with van der Waals surface area (Å²) in [7, 11) is 0. The Hall–Kier alpha value is -1.56. The van der Waals surface area contributed by atoms with Crippen LogP contribution in [0.1, 0.15) is 42.9 Å². The Kier molecular flexibility index (Phi) is 5.68. The number of nitrogens with one attached hydrogen (secondary N) is 1. The summed E-state index contributed by atoms with van der Waals surface area (Å²) >= 11 is 0. The second-order valence-corrected chi connectivity index (χ2v) is 6.22. The van der Waals surface area contributed by atoms with Crippen molar-refractivity contribution >= 4 is 5.91 Å². The number of aliphatic hydroxyl groups is 1. The highest BCUT2D eigenvalue weighted by molar-refractivity contribution is 5.78. The van der Waals surface area contributed by atoms with Gasteiger partial charge in [0.1, 0.15) is 0 Å². The van der Waals surface area contributed by atoms with E-state index in [0.29, 0.717) is 18.4 Å². The Morgan fingerprint density at radius 2 is 2.04 bits per heavy atom. The molecule has 2 N–H and O–H groups in total. The number of rotatable bonds is 4. The molecule has 6 heteroatoms. The van der Waals surface area contributed by atoms with Gasteiger partial charge in [-0.3, -0.25) is 4.79 Å². The first-order chi connectivity index (χ1) is 10.8. The molecular weight excluding hydrogens is 307 g/mol. The predicted octanol–water partition coefficient (Wildman–Crippen LogP) is 3.51. The van der Waals surface area contributed by atoms with E-state index in [1.807, 2.05) is 19.1 Å². The fourth-order valence-electron chi connectivity index (χ4n) is 3.14. The number of halogens is 3. The lowest BCUT2D eigenvalue weighted by molar-refractivity contribution is -0.186. The molecule has 1 amide bonds. The minimum absolute atomic E-state index is 0.0108. The lowest BCUT2D eigenvalue weighted by Gasteiger charge is -2.30. The molecule has 0 heterocycles. The largest absolute Gasteiger partial charge is 0.391 e. The zero-order chi connectivity index (χ0) is 17.0. The minimum atomic E-state index is -4.24. The van der Waals surface area contributed by atoms with Gasteiger partial charge in [0.2, 0.25) is 5.91 Å². The fraction of sp³-hybridized carbons (Fsp3) is 0.588. The second kappa shape index (κ2) is 7.34. The zero-order valence-electron chi connectivity index (χ0n) is 13.1. The van der Waals surface area contributed by atoms with Crippen molar-refractivity contribution in [3.63, 3.8) is 0 Å². The van der Waals surface area contributed by atoms with Gasteiger partial charge in [-0.05, 0) is 37.3 Å². The van der Waals surface area contributed by atoms with E-state index < -0.39 is 30.0 Å². The Morgan fingerprint density at radius 1 is 1.35 bits per heavy atom. The maximum absolute atomic E-state index is 12.8. The van der Waals surface area contributed by atoms with Crippen LogP contribution in [0.3, 0.4) is 0 Å². The number of hydrogen-bond donors (Lipinski definition) is 2. The van der Waals surface area contributed by atoms with Gasteiger partial charge in [-0.25, -0.2) is 0 Å². The molecule has 0 bridgehead atoms. The van der Waals surface area contributed by atoms with Crippen LogP contribution in [0, 0.1) is 18.8 Å². The Labute approximate surface area is 133 Å². The van der Waals surface area contributed by atoms with Crippen LogP contribution < -0.4 is 5.32 Å². The summed E-state index contributed by atoms with van der Waals surface area (Å²) in [5.41, 5.74) is 1.62. The highest BCUT2D eigenvalue weighted by atomic mass is 19.4. The van der Waals surface area contributed by atoms with Gasteiger partial charge in [0.05, 0.1) is 12.0 Å². The minimum Gasteiger partial charge on any atom is -0.387 e. The number of carbonyl (C=O) groups excluding carboxylic acids is 1. The lowest BCUT2D eigenvalue weighted by Crippen LogP contribution is -2.38. The summed E-state index contributed by atoms with van der Waals surface area (Å²) in [4.78, 5) is 12.1. The number of alkyl halides is 3. The first-order valence-corrected chi connectivity index (χ1v) is 7.87. The second-order valence-electron chi connectivity index (χ2n) is 6.22. The SMILES string of the molecule is Cc1ccccc1C(O)CNC(=O)C1CCCC(C(F)(F)F)C1. The maximum atomic E-state index is 12.8. The summed E-state index contributed by atoms with van der Waals surface area (Å²) in [6.07, 6.45) is -4.28. The van der Waals surface area contributed by atoms with Crippen LogP contribution in [0.25, 0.3) is 0 Å². The molecule has 0 saturated heterocycles. The van der Waals surface area contributed by atoms with Crippen molar-refractivity contribution in [2.45, 2.75) is 44.9 Å². The van der Waals surface area contributed by atoms with Crippen LogP contribution in [0.2, 0.25) is 0 Å². The number of amides is 1. The Morgan fingerprint density at radius 3 is 2.70 bits per heavy atom. The van der Waals surface area contributed by atoms with Gasteiger partial charge in [0.15, 0.2) is 0 Å². The van der Waals surface area contributed by atoms with Gasteiger partial charge in [-0.1, -0.05) is 30.7 Å². The molecule has 1 fully saturated rings. The molecule has 3 nitrogen and oxygen atoms in total. The van der Waals surface area contributed by atoms with E-state index in [0.717, 1.165) is 5.56 Å². The number of aryl methyl sites for hydroxylation is 1. The third kappa shape index (κ3) is 4.70. The molecule has 0 spiro atoms. The van der Waals surface area contributed by atoms with Crippen molar-refractivity contribution in [2.24, 2.45) is 11.8 Å². The highest BCUT2D eigenvalue weighted by Crippen LogP contribution is 2.39. The van der Waals surface area contributed by atoms with E-state index >= 15 is 0 Å². The van der Waals surface area contributed by atoms with Gasteiger partial charge in [-0.2, -0.15) is 13.2 Å². The average molecular weight is 329 g/mol. The molecule has 2 rings (SSSR count). The third-order valence-corrected chi connectivity index (χ3v) is 4.53. The Bertz CT molecular complexity index is 545. The maximum Gasteiger partial charge on any atom is 0.391 e. The third-order valence-electron chi connectivity index (χ3n) is 4.53. The standard InChI is InChI=1S/C17H22F3NO2/c1-11-5-2-3-8-14(11)15(22)10-21-16(23)12-6-4-7-13(9-12)17(18,19)20/h2-3,5,8,12-13,15,22H,4,6-7,9-10H2,1H3,(H,21,23). The van der Waals surface area contributed by atoms with E-state index in [4.69, 9.17) is 0 Å². The van der Waals surface area contributed by atoms with Crippen LogP contribution in [-0.4, -0.2) is 23.7 Å². The quantitative estimate of drug-likeness (QED) is 0.888. The van der Waals surface area contributed by atoms with Crippen molar-refractivity contribution < 1.29 is 23.1 Å². The molecule has 23 heavy (non-hydrogen) atoms. The van der Waals surface area contributed by atoms with Crippen LogP contribution >= 0.6 is 0 Å². The molecule has 0 aliphatic heterocycles. The first-order valence-electron chi connectivity index (χ1n) is 7.87. The Balaban J connectivity index is 1.88. The number of benzene rings is 1. The smallest absolute Gasteiger partial charge is 0.387 e. The normalized spacial score (nSPS) is 23.3. The van der Waals surface area contributed by atoms with E-state index in [9.17, 15) is 23.1 Å². The molecule has 1 aliphatic rings. The molecular formula is C17H22F3NO2. The van der Waals surface area contributed by atoms with Gasteiger partial charge < -0.3 is 10.4 Å².